The van der Waals surface area contributed by atoms with Gasteiger partial charge >= 0.3 is 12.1 Å². The molecule has 5 amide bonds. The van der Waals surface area contributed by atoms with Gasteiger partial charge in [0.2, 0.25) is 6.41 Å². The molecule has 0 bridgehead atoms. The van der Waals surface area contributed by atoms with Gasteiger partial charge in [-0.2, -0.15) is 0 Å². The fraction of sp³-hybridized carbons (Fsp3) is 0.0455. The first kappa shape index (κ1) is 19.6. The van der Waals surface area contributed by atoms with E-state index in [1.165, 1.54) is 4.90 Å². The Morgan fingerprint density at radius 2 is 1.34 bits per heavy atom. The molecule has 7 nitrogen and oxygen atoms in total. The van der Waals surface area contributed by atoms with Crippen LogP contribution in [0.1, 0.15) is 0 Å². The minimum atomic E-state index is -0.841. The van der Waals surface area contributed by atoms with Crippen LogP contribution in [0.25, 0.3) is 0 Å². The summed E-state index contributed by atoms with van der Waals surface area (Å²) in [5.74, 6) is 1.31. The van der Waals surface area contributed by atoms with E-state index in [1.807, 2.05) is 35.6 Å². The van der Waals surface area contributed by atoms with Gasteiger partial charge in [-0.25, -0.2) is 14.5 Å². The molecule has 0 fully saturated rings. The second-order valence-corrected chi connectivity index (χ2v) is 5.99. The fourth-order valence-electron chi connectivity index (χ4n) is 2.63. The summed E-state index contributed by atoms with van der Waals surface area (Å²) in [6, 6.07) is 23.1. The van der Waals surface area contributed by atoms with E-state index >= 15 is 0 Å². The van der Waals surface area contributed by atoms with E-state index in [2.05, 4.69) is 0 Å². The van der Waals surface area contributed by atoms with Crippen LogP contribution in [0.5, 0.6) is 11.5 Å². The Morgan fingerprint density at radius 1 is 0.793 bits per heavy atom. The third-order valence-corrected chi connectivity index (χ3v) is 4.08. The van der Waals surface area contributed by atoms with Gasteiger partial charge in [0.25, 0.3) is 0 Å². The standard InChI is InChI=1S/C22H19N3O4/c1-24(17-12-14-20(15-13-17)29-19-10-6-3-7-11-19)22(28)25(21(27)23-16-26)18-8-4-2-5-9-18/h2-16H,1H3,(H,23,26,27). The number of rotatable bonds is 5. The van der Waals surface area contributed by atoms with E-state index in [4.69, 9.17) is 4.74 Å². The summed E-state index contributed by atoms with van der Waals surface area (Å²) in [7, 11) is 1.54. The van der Waals surface area contributed by atoms with Gasteiger partial charge in [0.15, 0.2) is 0 Å². The van der Waals surface area contributed by atoms with Crippen molar-refractivity contribution in [1.82, 2.24) is 5.32 Å². The third-order valence-electron chi connectivity index (χ3n) is 4.08. The van der Waals surface area contributed by atoms with Crippen LogP contribution in [0.4, 0.5) is 21.0 Å². The van der Waals surface area contributed by atoms with E-state index in [0.717, 1.165) is 4.90 Å². The Bertz CT molecular complexity index is 976. The van der Waals surface area contributed by atoms with Crippen molar-refractivity contribution in [3.05, 3.63) is 84.9 Å². The Morgan fingerprint density at radius 3 is 1.93 bits per heavy atom. The van der Waals surface area contributed by atoms with Crippen LogP contribution in [0.2, 0.25) is 0 Å². The van der Waals surface area contributed by atoms with Gasteiger partial charge in [-0.1, -0.05) is 36.4 Å². The van der Waals surface area contributed by atoms with E-state index in [1.54, 1.807) is 61.6 Å². The van der Waals surface area contributed by atoms with Crippen molar-refractivity contribution < 1.29 is 19.1 Å². The first-order valence-corrected chi connectivity index (χ1v) is 8.80. The third kappa shape index (κ3) is 4.78. The minimum Gasteiger partial charge on any atom is -0.457 e. The van der Waals surface area contributed by atoms with Gasteiger partial charge in [0.05, 0.1) is 5.69 Å². The molecule has 7 heteroatoms. The minimum absolute atomic E-state index is 0.237. The van der Waals surface area contributed by atoms with Gasteiger partial charge in [-0.05, 0) is 48.5 Å². The molecule has 0 heterocycles. The molecule has 0 aliphatic heterocycles. The number of imide groups is 2. The summed E-state index contributed by atoms with van der Waals surface area (Å²) in [6.07, 6.45) is 0.237. The predicted molar refractivity (Wildman–Crippen MR) is 110 cm³/mol. The highest BCUT2D eigenvalue weighted by molar-refractivity contribution is 6.20. The highest BCUT2D eigenvalue weighted by atomic mass is 16.5. The molecule has 0 aliphatic rings. The molecule has 146 valence electrons. The molecule has 1 N–H and O–H groups in total. The molecule has 0 aromatic heterocycles. The van der Waals surface area contributed by atoms with Crippen LogP contribution in [0, 0.1) is 0 Å². The molecule has 3 aromatic rings. The van der Waals surface area contributed by atoms with Crippen molar-refractivity contribution in [3.8, 4) is 11.5 Å². The molecule has 0 unspecified atom stereocenters. The average molecular weight is 389 g/mol. The molecule has 0 saturated carbocycles. The van der Waals surface area contributed by atoms with Crippen LogP contribution >= 0.6 is 0 Å². The van der Waals surface area contributed by atoms with Crippen LogP contribution in [0.3, 0.4) is 0 Å². The van der Waals surface area contributed by atoms with Crippen molar-refractivity contribution in [3.63, 3.8) is 0 Å². The van der Waals surface area contributed by atoms with Gasteiger partial charge in [-0.3, -0.25) is 15.0 Å². The Labute approximate surface area is 168 Å². The van der Waals surface area contributed by atoms with Crippen molar-refractivity contribution in [2.24, 2.45) is 0 Å². The zero-order chi connectivity index (χ0) is 20.6. The number of carbonyl (C=O) groups is 3. The largest absolute Gasteiger partial charge is 0.457 e. The highest BCUT2D eigenvalue weighted by Crippen LogP contribution is 2.25. The normalized spacial score (nSPS) is 9.97. The maximum atomic E-state index is 13.0. The van der Waals surface area contributed by atoms with E-state index < -0.39 is 12.1 Å². The maximum Gasteiger partial charge on any atom is 0.337 e. The smallest absolute Gasteiger partial charge is 0.337 e. The molecular weight excluding hydrogens is 370 g/mol. The number of ether oxygens (including phenoxy) is 1. The van der Waals surface area contributed by atoms with Crippen molar-refractivity contribution in [2.75, 3.05) is 16.8 Å². The van der Waals surface area contributed by atoms with Gasteiger partial charge in [0, 0.05) is 12.7 Å². The zero-order valence-corrected chi connectivity index (χ0v) is 15.7. The van der Waals surface area contributed by atoms with Crippen LogP contribution in [-0.4, -0.2) is 25.5 Å². The molecular formula is C22H19N3O4. The van der Waals surface area contributed by atoms with Gasteiger partial charge < -0.3 is 4.74 Å². The molecule has 0 spiro atoms. The van der Waals surface area contributed by atoms with Crippen molar-refractivity contribution >= 4 is 29.8 Å². The van der Waals surface area contributed by atoms with E-state index in [-0.39, 0.29) is 6.41 Å². The molecule has 0 aliphatic carbocycles. The van der Waals surface area contributed by atoms with Crippen LogP contribution in [0.15, 0.2) is 84.9 Å². The number of para-hydroxylation sites is 2. The van der Waals surface area contributed by atoms with E-state index in [9.17, 15) is 14.4 Å². The quantitative estimate of drug-likeness (QED) is 0.656. The number of hydrogen-bond acceptors (Lipinski definition) is 4. The lowest BCUT2D eigenvalue weighted by Gasteiger charge is -2.26. The number of anilines is 2. The number of benzene rings is 3. The number of amides is 5. The summed E-state index contributed by atoms with van der Waals surface area (Å²) in [5, 5.41) is 2.01. The van der Waals surface area contributed by atoms with E-state index in [0.29, 0.717) is 22.9 Å². The summed E-state index contributed by atoms with van der Waals surface area (Å²) in [5.41, 5.74) is 0.892. The lowest BCUT2D eigenvalue weighted by molar-refractivity contribution is -0.108. The number of nitrogens with one attached hydrogen (secondary N) is 1. The van der Waals surface area contributed by atoms with Gasteiger partial charge in [-0.15, -0.1) is 0 Å². The first-order valence-electron chi connectivity index (χ1n) is 8.80. The molecule has 0 radical (unpaired) electrons. The maximum absolute atomic E-state index is 13.0. The summed E-state index contributed by atoms with van der Waals surface area (Å²) in [4.78, 5) is 38.2. The first-order chi connectivity index (χ1) is 14.1. The molecule has 29 heavy (non-hydrogen) atoms. The second-order valence-electron chi connectivity index (χ2n) is 5.99. The Kier molecular flexibility index (Phi) is 6.22. The monoisotopic (exact) mass is 389 g/mol. The van der Waals surface area contributed by atoms with Gasteiger partial charge in [0.1, 0.15) is 11.5 Å². The number of urea groups is 2. The lowest BCUT2D eigenvalue weighted by Crippen LogP contribution is -2.49. The van der Waals surface area contributed by atoms with Crippen LogP contribution < -0.4 is 19.9 Å². The zero-order valence-electron chi connectivity index (χ0n) is 15.7. The van der Waals surface area contributed by atoms with Crippen molar-refractivity contribution in [1.29, 1.82) is 0 Å². The summed E-state index contributed by atoms with van der Waals surface area (Å²) >= 11 is 0. The molecule has 0 atom stereocenters. The fourth-order valence-corrected chi connectivity index (χ4v) is 2.63. The lowest BCUT2D eigenvalue weighted by atomic mass is 10.2. The Balaban J connectivity index is 1.79. The van der Waals surface area contributed by atoms with Crippen LogP contribution in [-0.2, 0) is 4.79 Å². The number of carbonyl (C=O) groups excluding carboxylic acids is 3. The highest BCUT2D eigenvalue weighted by Gasteiger charge is 2.27. The average Bonchev–Trinajstić information content (AvgIpc) is 2.75. The SMILES string of the molecule is CN(C(=O)N(C(=O)NC=O)c1ccccc1)c1ccc(Oc2ccccc2)cc1. The summed E-state index contributed by atoms with van der Waals surface area (Å²) in [6.45, 7) is 0. The number of nitrogens with zero attached hydrogens (tertiary/aromatic N) is 2. The summed E-state index contributed by atoms with van der Waals surface area (Å²) < 4.78 is 5.74. The number of hydrogen-bond donors (Lipinski definition) is 1. The second kappa shape index (κ2) is 9.18. The molecule has 3 aromatic carbocycles. The molecule has 3 rings (SSSR count). The molecule has 0 saturated heterocycles. The van der Waals surface area contributed by atoms with Crippen molar-refractivity contribution in [2.45, 2.75) is 0 Å². The topological polar surface area (TPSA) is 79.0 Å². The Hall–Kier alpha value is -4.13. The predicted octanol–water partition coefficient (Wildman–Crippen LogP) is 4.41.